The zero-order chi connectivity index (χ0) is 24.7. The lowest BCUT2D eigenvalue weighted by Gasteiger charge is -2.27. The Labute approximate surface area is 203 Å². The van der Waals surface area contributed by atoms with Gasteiger partial charge in [0, 0.05) is 42.3 Å². The molecule has 0 aliphatic carbocycles. The number of aryl methyl sites for hydroxylation is 1. The quantitative estimate of drug-likeness (QED) is 0.520. The van der Waals surface area contributed by atoms with E-state index in [2.05, 4.69) is 20.3 Å². The maximum absolute atomic E-state index is 12.4. The van der Waals surface area contributed by atoms with Gasteiger partial charge in [0.1, 0.15) is 11.5 Å². The largest absolute Gasteiger partial charge is 0.573 e. The summed E-state index contributed by atoms with van der Waals surface area (Å²) in [5.41, 5.74) is 2.13. The first-order valence-corrected chi connectivity index (χ1v) is 11.3. The monoisotopic (exact) mass is 507 g/mol. The molecule has 2 aliphatic heterocycles. The zero-order valence-corrected chi connectivity index (χ0v) is 19.3. The fraction of sp³-hybridized carbons (Fsp3) is 0.348. The molecule has 2 fully saturated rings. The van der Waals surface area contributed by atoms with Crippen LogP contribution in [0.5, 0.6) is 11.5 Å². The predicted molar refractivity (Wildman–Crippen MR) is 124 cm³/mol. The van der Waals surface area contributed by atoms with Crippen LogP contribution in [-0.2, 0) is 4.79 Å². The van der Waals surface area contributed by atoms with Gasteiger partial charge >= 0.3 is 6.36 Å². The Bertz CT molecular complexity index is 1290. The highest BCUT2D eigenvalue weighted by Gasteiger charge is 2.39. The van der Waals surface area contributed by atoms with E-state index in [-0.39, 0.29) is 10.8 Å². The van der Waals surface area contributed by atoms with Gasteiger partial charge in [-0.2, -0.15) is 0 Å². The summed E-state index contributed by atoms with van der Waals surface area (Å²) in [4.78, 5) is 24.0. The Morgan fingerprint density at radius 1 is 1.26 bits per heavy atom. The van der Waals surface area contributed by atoms with E-state index in [0.29, 0.717) is 17.8 Å². The summed E-state index contributed by atoms with van der Waals surface area (Å²) < 4.78 is 46.1. The van der Waals surface area contributed by atoms with Crippen LogP contribution in [0, 0.1) is 6.92 Å². The van der Waals surface area contributed by atoms with Crippen molar-refractivity contribution in [3.63, 3.8) is 0 Å². The van der Waals surface area contributed by atoms with Crippen molar-refractivity contribution in [2.24, 2.45) is 0 Å². The molecule has 12 heteroatoms. The van der Waals surface area contributed by atoms with Crippen LogP contribution >= 0.6 is 11.6 Å². The van der Waals surface area contributed by atoms with Gasteiger partial charge in [-0.3, -0.25) is 4.79 Å². The molecule has 5 rings (SSSR count). The number of halogens is 4. The number of carbonyl (C=O) groups excluding carboxylic acids is 1. The fourth-order valence-corrected chi connectivity index (χ4v) is 4.64. The molecule has 3 aromatic rings. The standard InChI is InChI=1S/C23H21ClF3N5O3/c1-12-17-7-13(2-4-19(17)31-22(29-12)32-10-14-6-15(32)9-28-14)30-21(33)11-34-20-5-3-16(8-18(20)24)35-23(25,26)27/h2-5,7-8,14-15,28H,6,9-11H2,1H3,(H,30,33). The average Bonchev–Trinajstić information content (AvgIpc) is 3.42. The number of ether oxygens (including phenoxy) is 2. The Kier molecular flexibility index (Phi) is 6.06. The number of anilines is 2. The van der Waals surface area contributed by atoms with Crippen LogP contribution in [0.25, 0.3) is 10.9 Å². The van der Waals surface area contributed by atoms with Gasteiger partial charge in [-0.25, -0.2) is 9.97 Å². The molecule has 8 nitrogen and oxygen atoms in total. The van der Waals surface area contributed by atoms with Crippen LogP contribution in [0.15, 0.2) is 36.4 Å². The van der Waals surface area contributed by atoms with Gasteiger partial charge in [-0.15, -0.1) is 13.2 Å². The van der Waals surface area contributed by atoms with Crippen LogP contribution < -0.4 is 25.0 Å². The second kappa shape index (κ2) is 9.04. The maximum atomic E-state index is 12.4. The van der Waals surface area contributed by atoms with Gasteiger partial charge in [0.2, 0.25) is 5.95 Å². The second-order valence-electron chi connectivity index (χ2n) is 8.46. The number of hydrogen-bond acceptors (Lipinski definition) is 7. The molecule has 2 N–H and O–H groups in total. The molecular formula is C23H21ClF3N5O3. The third kappa shape index (κ3) is 5.20. The molecule has 0 spiro atoms. The highest BCUT2D eigenvalue weighted by molar-refractivity contribution is 6.32. The molecule has 184 valence electrons. The molecule has 2 unspecified atom stereocenters. The number of hydrogen-bond donors (Lipinski definition) is 2. The van der Waals surface area contributed by atoms with Gasteiger partial charge in [0.15, 0.2) is 6.61 Å². The number of aromatic nitrogens is 2. The van der Waals surface area contributed by atoms with E-state index in [1.54, 1.807) is 12.1 Å². The van der Waals surface area contributed by atoms with Crippen molar-refractivity contribution in [3.05, 3.63) is 47.1 Å². The molecule has 1 aromatic heterocycles. The third-order valence-corrected chi connectivity index (χ3v) is 6.26. The van der Waals surface area contributed by atoms with Crippen LogP contribution in [0.3, 0.4) is 0 Å². The van der Waals surface area contributed by atoms with Gasteiger partial charge in [0.05, 0.1) is 16.2 Å². The molecule has 2 aromatic carbocycles. The minimum absolute atomic E-state index is 0.0532. The molecule has 2 saturated heterocycles. The number of benzene rings is 2. The van der Waals surface area contributed by atoms with Gasteiger partial charge in [-0.05, 0) is 43.7 Å². The van der Waals surface area contributed by atoms with E-state index >= 15 is 0 Å². The van der Waals surface area contributed by atoms with Crippen molar-refractivity contribution in [3.8, 4) is 11.5 Å². The van der Waals surface area contributed by atoms with Crippen molar-refractivity contribution >= 4 is 40.0 Å². The maximum Gasteiger partial charge on any atom is 0.573 e. The van der Waals surface area contributed by atoms with Gasteiger partial charge in [-0.1, -0.05) is 11.6 Å². The minimum Gasteiger partial charge on any atom is -0.482 e. The van der Waals surface area contributed by atoms with Crippen LogP contribution in [0.2, 0.25) is 5.02 Å². The van der Waals surface area contributed by atoms with Gasteiger partial charge < -0.3 is 25.0 Å². The Morgan fingerprint density at radius 3 is 2.77 bits per heavy atom. The van der Waals surface area contributed by atoms with Crippen LogP contribution in [0.4, 0.5) is 24.8 Å². The van der Waals surface area contributed by atoms with Gasteiger partial charge in [0.25, 0.3) is 5.91 Å². The molecule has 2 bridgehead atoms. The number of piperazine rings is 1. The predicted octanol–water partition coefficient (Wildman–Crippen LogP) is 4.06. The SMILES string of the molecule is Cc1nc(N2CC3CC2CN3)nc2ccc(NC(=O)COc3ccc(OC(F)(F)F)cc3Cl)cc12. The second-order valence-corrected chi connectivity index (χ2v) is 8.87. The number of alkyl halides is 3. The zero-order valence-electron chi connectivity index (χ0n) is 18.5. The Balaban J connectivity index is 1.23. The lowest BCUT2D eigenvalue weighted by molar-refractivity contribution is -0.274. The van der Waals surface area contributed by atoms with E-state index < -0.39 is 24.6 Å². The summed E-state index contributed by atoms with van der Waals surface area (Å²) in [6.07, 6.45) is -3.73. The average molecular weight is 508 g/mol. The van der Waals surface area contributed by atoms with Crippen LogP contribution in [0.1, 0.15) is 12.1 Å². The Morgan fingerprint density at radius 2 is 2.09 bits per heavy atom. The lowest BCUT2D eigenvalue weighted by atomic mass is 10.1. The number of fused-ring (bicyclic) bond motifs is 3. The number of carbonyl (C=O) groups is 1. The normalized spacial score (nSPS) is 19.3. The van der Waals surface area contributed by atoms with E-state index in [1.165, 1.54) is 6.07 Å². The van der Waals surface area contributed by atoms with Crippen molar-refractivity contribution < 1.29 is 27.4 Å². The van der Waals surface area contributed by atoms with Crippen molar-refractivity contribution in [2.45, 2.75) is 31.8 Å². The molecular weight excluding hydrogens is 487 g/mol. The minimum atomic E-state index is -4.83. The first-order chi connectivity index (χ1) is 16.6. The molecule has 35 heavy (non-hydrogen) atoms. The van der Waals surface area contributed by atoms with Crippen LogP contribution in [-0.4, -0.2) is 54.0 Å². The molecule has 2 atom stereocenters. The summed E-state index contributed by atoms with van der Waals surface area (Å²) in [6, 6.07) is 9.48. The van der Waals surface area contributed by atoms with E-state index in [9.17, 15) is 18.0 Å². The molecule has 2 aliphatic rings. The summed E-state index contributed by atoms with van der Waals surface area (Å²) >= 11 is 5.94. The highest BCUT2D eigenvalue weighted by Crippen LogP contribution is 2.32. The van der Waals surface area contributed by atoms with E-state index in [4.69, 9.17) is 26.3 Å². The fourth-order valence-electron chi connectivity index (χ4n) is 4.41. The third-order valence-electron chi connectivity index (χ3n) is 5.97. The molecule has 1 amide bonds. The number of nitrogens with one attached hydrogen (secondary N) is 2. The summed E-state index contributed by atoms with van der Waals surface area (Å²) in [5, 5.41) is 6.90. The molecule has 3 heterocycles. The smallest absolute Gasteiger partial charge is 0.482 e. The topological polar surface area (TPSA) is 88.6 Å². The van der Waals surface area contributed by atoms with E-state index in [1.807, 2.05) is 13.0 Å². The van der Waals surface area contributed by atoms with Crippen molar-refractivity contribution in [1.29, 1.82) is 0 Å². The Hall–Kier alpha value is -3.31. The first kappa shape index (κ1) is 23.4. The molecule has 0 saturated carbocycles. The molecule has 0 radical (unpaired) electrons. The summed E-state index contributed by atoms with van der Waals surface area (Å²) in [5.74, 6) is -0.174. The number of rotatable bonds is 6. The lowest BCUT2D eigenvalue weighted by Crippen LogP contribution is -2.44. The van der Waals surface area contributed by atoms with Crippen molar-refractivity contribution in [2.75, 3.05) is 29.9 Å². The first-order valence-electron chi connectivity index (χ1n) is 10.9. The highest BCUT2D eigenvalue weighted by atomic mass is 35.5. The summed E-state index contributed by atoms with van der Waals surface area (Å²) in [6.45, 7) is 3.35. The summed E-state index contributed by atoms with van der Waals surface area (Å²) in [7, 11) is 0. The van der Waals surface area contributed by atoms with E-state index in [0.717, 1.165) is 54.2 Å². The number of amides is 1. The number of nitrogens with zero attached hydrogens (tertiary/aromatic N) is 3. The van der Waals surface area contributed by atoms with Crippen molar-refractivity contribution in [1.82, 2.24) is 15.3 Å².